The topological polar surface area (TPSA) is 68.0 Å². The van der Waals surface area contributed by atoms with Gasteiger partial charge in [-0.1, -0.05) is 6.92 Å². The summed E-state index contributed by atoms with van der Waals surface area (Å²) in [7, 11) is 1.92. The summed E-state index contributed by atoms with van der Waals surface area (Å²) in [5, 5.41) is 14.1. The third-order valence-corrected chi connectivity index (χ3v) is 4.71. The van der Waals surface area contributed by atoms with Gasteiger partial charge in [0.15, 0.2) is 0 Å². The van der Waals surface area contributed by atoms with E-state index in [1.807, 2.05) is 11.7 Å². The van der Waals surface area contributed by atoms with E-state index < -0.39 is 5.97 Å². The number of carboxylic acid groups (broad SMARTS) is 1. The summed E-state index contributed by atoms with van der Waals surface area (Å²) in [6.07, 6.45) is 2.26. The number of carbonyl (C=O) groups is 1. The van der Waals surface area contributed by atoms with Gasteiger partial charge in [-0.15, -0.1) is 11.8 Å². The van der Waals surface area contributed by atoms with E-state index in [-0.39, 0.29) is 5.56 Å². The molecule has 1 N–H and O–H groups in total. The summed E-state index contributed by atoms with van der Waals surface area (Å²) in [5.41, 5.74) is 2.33. The number of hydrogen-bond donors (Lipinski definition) is 1. The van der Waals surface area contributed by atoms with Crippen LogP contribution in [0, 0.1) is 0 Å². The van der Waals surface area contributed by atoms with Crippen LogP contribution in [0.2, 0.25) is 0 Å². The van der Waals surface area contributed by atoms with E-state index in [0.29, 0.717) is 0 Å². The van der Waals surface area contributed by atoms with Crippen LogP contribution < -0.4 is 0 Å². The van der Waals surface area contributed by atoms with Crippen molar-refractivity contribution in [1.29, 1.82) is 0 Å². The smallest absolute Gasteiger partial charge is 0.337 e. The molecule has 0 atom stereocenters. The van der Waals surface area contributed by atoms with Crippen molar-refractivity contribution in [2.45, 2.75) is 24.1 Å². The standard InChI is InChI=1S/C13H14BrN3O2S/c1-3-9-12(14)10(17(2)16-9)7-20-11-5-4-8(6-15-11)13(18)19/h4-6H,3,7H2,1-2H3,(H,18,19). The number of aryl methyl sites for hydroxylation is 2. The summed E-state index contributed by atoms with van der Waals surface area (Å²) in [6, 6.07) is 3.28. The van der Waals surface area contributed by atoms with Gasteiger partial charge in [0.2, 0.25) is 0 Å². The molecule has 0 fully saturated rings. The molecule has 2 aromatic rings. The van der Waals surface area contributed by atoms with Gasteiger partial charge in [-0.3, -0.25) is 4.68 Å². The fraction of sp³-hybridized carbons (Fsp3) is 0.308. The molecular weight excluding hydrogens is 342 g/mol. The molecule has 0 amide bonds. The molecular formula is C13H14BrN3O2S. The Morgan fingerprint density at radius 3 is 2.75 bits per heavy atom. The molecule has 7 heteroatoms. The third-order valence-electron chi connectivity index (χ3n) is 2.84. The van der Waals surface area contributed by atoms with E-state index in [4.69, 9.17) is 5.11 Å². The number of aromatic nitrogens is 3. The molecule has 0 radical (unpaired) electrons. The van der Waals surface area contributed by atoms with Crippen LogP contribution in [-0.2, 0) is 19.2 Å². The summed E-state index contributed by atoms with van der Waals surface area (Å²) in [5.74, 6) is -0.236. The van der Waals surface area contributed by atoms with Crippen LogP contribution in [0.3, 0.4) is 0 Å². The second-order valence-electron chi connectivity index (χ2n) is 4.16. The predicted molar refractivity (Wildman–Crippen MR) is 81.0 cm³/mol. The van der Waals surface area contributed by atoms with Crippen LogP contribution in [0.1, 0.15) is 28.7 Å². The minimum atomic E-state index is -0.962. The van der Waals surface area contributed by atoms with Crippen molar-refractivity contribution in [3.8, 4) is 0 Å². The van der Waals surface area contributed by atoms with Crippen molar-refractivity contribution in [2.75, 3.05) is 0 Å². The Morgan fingerprint density at radius 1 is 1.50 bits per heavy atom. The molecule has 0 saturated heterocycles. The third kappa shape index (κ3) is 3.21. The van der Waals surface area contributed by atoms with Gasteiger partial charge >= 0.3 is 5.97 Å². The fourth-order valence-corrected chi connectivity index (χ4v) is 3.56. The maximum atomic E-state index is 10.8. The highest BCUT2D eigenvalue weighted by Crippen LogP contribution is 2.28. The molecule has 0 saturated carbocycles. The summed E-state index contributed by atoms with van der Waals surface area (Å²) < 4.78 is 2.90. The lowest BCUT2D eigenvalue weighted by atomic mass is 10.3. The second kappa shape index (κ2) is 6.41. The van der Waals surface area contributed by atoms with E-state index in [9.17, 15) is 4.79 Å². The monoisotopic (exact) mass is 355 g/mol. The Labute approximate surface area is 129 Å². The highest BCUT2D eigenvalue weighted by atomic mass is 79.9. The second-order valence-corrected chi connectivity index (χ2v) is 5.95. The van der Waals surface area contributed by atoms with Crippen LogP contribution in [0.15, 0.2) is 27.8 Å². The van der Waals surface area contributed by atoms with Crippen molar-refractivity contribution in [3.63, 3.8) is 0 Å². The molecule has 5 nitrogen and oxygen atoms in total. The van der Waals surface area contributed by atoms with E-state index >= 15 is 0 Å². The van der Waals surface area contributed by atoms with Crippen molar-refractivity contribution >= 4 is 33.7 Å². The molecule has 0 aliphatic heterocycles. The van der Waals surface area contributed by atoms with Gasteiger partial charge in [0.1, 0.15) is 0 Å². The largest absolute Gasteiger partial charge is 0.478 e. The highest BCUT2D eigenvalue weighted by Gasteiger charge is 2.13. The lowest BCUT2D eigenvalue weighted by Crippen LogP contribution is -1.98. The average Bonchev–Trinajstić information content (AvgIpc) is 2.71. The molecule has 0 bridgehead atoms. The molecule has 2 aromatic heterocycles. The predicted octanol–water partition coefficient (Wildman–Crippen LogP) is 3.13. The Balaban J connectivity index is 2.09. The normalized spacial score (nSPS) is 10.8. The molecule has 0 unspecified atom stereocenters. The van der Waals surface area contributed by atoms with Crippen molar-refractivity contribution < 1.29 is 9.90 Å². The lowest BCUT2D eigenvalue weighted by molar-refractivity contribution is 0.0696. The molecule has 0 spiro atoms. The van der Waals surface area contributed by atoms with E-state index in [1.165, 1.54) is 6.20 Å². The van der Waals surface area contributed by atoms with E-state index in [0.717, 1.165) is 33.1 Å². The number of halogens is 1. The quantitative estimate of drug-likeness (QED) is 0.834. The first-order valence-corrected chi connectivity index (χ1v) is 7.83. The summed E-state index contributed by atoms with van der Waals surface area (Å²) >= 11 is 5.12. The molecule has 2 rings (SSSR count). The molecule has 2 heterocycles. The van der Waals surface area contributed by atoms with Crippen molar-refractivity contribution in [2.24, 2.45) is 7.05 Å². The maximum Gasteiger partial charge on any atom is 0.337 e. The molecule has 0 aromatic carbocycles. The summed E-state index contributed by atoms with van der Waals surface area (Å²) in [4.78, 5) is 14.9. The van der Waals surface area contributed by atoms with Crippen LogP contribution in [-0.4, -0.2) is 25.8 Å². The van der Waals surface area contributed by atoms with Gasteiger partial charge in [-0.25, -0.2) is 9.78 Å². The van der Waals surface area contributed by atoms with Crippen molar-refractivity contribution in [3.05, 3.63) is 39.8 Å². The zero-order valence-electron chi connectivity index (χ0n) is 11.1. The minimum absolute atomic E-state index is 0.198. The number of pyridine rings is 1. The van der Waals surface area contributed by atoms with E-state index in [1.54, 1.807) is 23.9 Å². The number of aromatic carboxylic acids is 1. The zero-order chi connectivity index (χ0) is 14.7. The Hall–Kier alpha value is -1.34. The number of hydrogen-bond acceptors (Lipinski definition) is 4. The Bertz CT molecular complexity index is 625. The molecule has 0 aliphatic carbocycles. The van der Waals surface area contributed by atoms with Gasteiger partial charge < -0.3 is 5.11 Å². The lowest BCUT2D eigenvalue weighted by Gasteiger charge is -2.03. The molecule has 0 aliphatic rings. The van der Waals surface area contributed by atoms with Gasteiger partial charge in [0, 0.05) is 19.0 Å². The van der Waals surface area contributed by atoms with Crippen LogP contribution in [0.5, 0.6) is 0 Å². The molecule has 20 heavy (non-hydrogen) atoms. The first kappa shape index (κ1) is 15.1. The van der Waals surface area contributed by atoms with Crippen LogP contribution >= 0.6 is 27.7 Å². The first-order chi connectivity index (χ1) is 9.52. The number of thioether (sulfide) groups is 1. The molecule has 106 valence electrons. The first-order valence-electron chi connectivity index (χ1n) is 6.05. The van der Waals surface area contributed by atoms with Gasteiger partial charge in [0.25, 0.3) is 0 Å². The zero-order valence-corrected chi connectivity index (χ0v) is 13.5. The van der Waals surface area contributed by atoms with Gasteiger partial charge in [-0.05, 0) is 34.5 Å². The van der Waals surface area contributed by atoms with Gasteiger partial charge in [0.05, 0.1) is 26.4 Å². The average molecular weight is 356 g/mol. The van der Waals surface area contributed by atoms with Crippen LogP contribution in [0.4, 0.5) is 0 Å². The van der Waals surface area contributed by atoms with E-state index in [2.05, 4.69) is 32.9 Å². The van der Waals surface area contributed by atoms with Crippen molar-refractivity contribution in [1.82, 2.24) is 14.8 Å². The van der Waals surface area contributed by atoms with Gasteiger partial charge in [-0.2, -0.15) is 5.10 Å². The number of rotatable bonds is 5. The summed E-state index contributed by atoms with van der Waals surface area (Å²) in [6.45, 7) is 2.07. The highest BCUT2D eigenvalue weighted by molar-refractivity contribution is 9.10. The maximum absolute atomic E-state index is 10.8. The van der Waals surface area contributed by atoms with Crippen LogP contribution in [0.25, 0.3) is 0 Å². The number of carboxylic acids is 1. The fourth-order valence-electron chi connectivity index (χ4n) is 1.71. The SMILES string of the molecule is CCc1nn(C)c(CSc2ccc(C(=O)O)cn2)c1Br. The Kier molecular flexibility index (Phi) is 4.82. The number of nitrogens with zero attached hydrogens (tertiary/aromatic N) is 3. The minimum Gasteiger partial charge on any atom is -0.478 e. The Morgan fingerprint density at radius 2 is 2.25 bits per heavy atom.